The van der Waals surface area contributed by atoms with Crippen molar-refractivity contribution < 1.29 is 13.2 Å². The maximum absolute atomic E-state index is 12.4. The van der Waals surface area contributed by atoms with E-state index in [1.165, 1.54) is 17.8 Å². The van der Waals surface area contributed by atoms with Gasteiger partial charge in [0.2, 0.25) is 0 Å². The Bertz CT molecular complexity index is 589. The van der Waals surface area contributed by atoms with Crippen molar-refractivity contribution in [3.05, 3.63) is 58.9 Å². The Morgan fingerprint density at radius 2 is 1.85 bits per heavy atom. The van der Waals surface area contributed by atoms with Crippen molar-refractivity contribution in [2.75, 3.05) is 5.32 Å². The van der Waals surface area contributed by atoms with Crippen LogP contribution in [0.3, 0.4) is 0 Å². The molecule has 0 aliphatic heterocycles. The van der Waals surface area contributed by atoms with Crippen LogP contribution >= 0.6 is 0 Å². The average Bonchev–Trinajstić information content (AvgIpc) is 2.37. The minimum atomic E-state index is -4.40. The molecule has 0 atom stereocenters. The third-order valence-corrected chi connectivity index (χ3v) is 3.03. The summed E-state index contributed by atoms with van der Waals surface area (Å²) in [5.74, 6) is 0. The highest BCUT2D eigenvalue weighted by Gasteiger charge is 2.31. The molecule has 106 valence electrons. The van der Waals surface area contributed by atoms with Crippen LogP contribution in [0, 0.1) is 13.8 Å². The molecule has 2 aromatic rings. The number of rotatable bonds is 3. The molecule has 20 heavy (non-hydrogen) atoms. The maximum Gasteiger partial charge on any atom is 0.433 e. The van der Waals surface area contributed by atoms with Gasteiger partial charge in [-0.05, 0) is 37.1 Å². The molecule has 0 aliphatic carbocycles. The van der Waals surface area contributed by atoms with Crippen LogP contribution in [0.1, 0.15) is 22.4 Å². The summed E-state index contributed by atoms with van der Waals surface area (Å²) in [5.41, 5.74) is 3.13. The molecular weight excluding hydrogens is 265 g/mol. The molecule has 0 bridgehead atoms. The van der Waals surface area contributed by atoms with Crippen molar-refractivity contribution >= 4 is 5.69 Å². The molecule has 0 aliphatic rings. The Hall–Kier alpha value is -2.04. The standard InChI is InChI=1S/C15H15F3N2/c1-10-3-4-12(11(2)7-10)8-19-13-5-6-14(20-9-13)15(16,17)18/h3-7,9,19H,8H2,1-2H3. The van der Waals surface area contributed by atoms with E-state index in [9.17, 15) is 13.2 Å². The van der Waals surface area contributed by atoms with Crippen LogP contribution in [0.5, 0.6) is 0 Å². The van der Waals surface area contributed by atoms with E-state index in [1.54, 1.807) is 0 Å². The topological polar surface area (TPSA) is 24.9 Å². The van der Waals surface area contributed by atoms with Crippen LogP contribution in [0.4, 0.5) is 18.9 Å². The second kappa shape index (κ2) is 5.53. The first kappa shape index (κ1) is 14.4. The molecular formula is C15H15F3N2. The normalized spacial score (nSPS) is 11.4. The van der Waals surface area contributed by atoms with Gasteiger partial charge >= 0.3 is 6.18 Å². The molecule has 5 heteroatoms. The van der Waals surface area contributed by atoms with Crippen LogP contribution in [-0.2, 0) is 12.7 Å². The summed E-state index contributed by atoms with van der Waals surface area (Å²) in [4.78, 5) is 3.41. The number of aromatic nitrogens is 1. The Morgan fingerprint density at radius 3 is 2.40 bits per heavy atom. The van der Waals surface area contributed by atoms with Gasteiger partial charge in [0, 0.05) is 6.54 Å². The minimum Gasteiger partial charge on any atom is -0.380 e. The van der Waals surface area contributed by atoms with Gasteiger partial charge in [0.05, 0.1) is 11.9 Å². The lowest BCUT2D eigenvalue weighted by atomic mass is 10.1. The van der Waals surface area contributed by atoms with E-state index in [1.807, 2.05) is 26.0 Å². The van der Waals surface area contributed by atoms with Gasteiger partial charge in [0.1, 0.15) is 5.69 Å². The van der Waals surface area contributed by atoms with Crippen molar-refractivity contribution in [3.63, 3.8) is 0 Å². The molecule has 1 heterocycles. The van der Waals surface area contributed by atoms with E-state index in [0.717, 1.165) is 17.2 Å². The van der Waals surface area contributed by atoms with Crippen LogP contribution in [0.25, 0.3) is 0 Å². The van der Waals surface area contributed by atoms with Gasteiger partial charge in [-0.1, -0.05) is 23.8 Å². The molecule has 2 nitrogen and oxygen atoms in total. The van der Waals surface area contributed by atoms with E-state index in [0.29, 0.717) is 12.2 Å². The van der Waals surface area contributed by atoms with Crippen molar-refractivity contribution in [1.29, 1.82) is 0 Å². The number of nitrogens with zero attached hydrogens (tertiary/aromatic N) is 1. The molecule has 0 saturated heterocycles. The second-order valence-electron chi connectivity index (χ2n) is 4.71. The van der Waals surface area contributed by atoms with Gasteiger partial charge in [0.15, 0.2) is 0 Å². The zero-order chi connectivity index (χ0) is 14.8. The number of aryl methyl sites for hydroxylation is 2. The predicted octanol–water partition coefficient (Wildman–Crippen LogP) is 4.33. The van der Waals surface area contributed by atoms with Crippen molar-refractivity contribution in [2.24, 2.45) is 0 Å². The Morgan fingerprint density at radius 1 is 1.10 bits per heavy atom. The Kier molecular flexibility index (Phi) is 3.97. The van der Waals surface area contributed by atoms with Crippen LogP contribution in [0.2, 0.25) is 0 Å². The largest absolute Gasteiger partial charge is 0.433 e. The lowest BCUT2D eigenvalue weighted by Gasteiger charge is -2.11. The smallest absolute Gasteiger partial charge is 0.380 e. The number of benzene rings is 1. The number of alkyl halides is 3. The van der Waals surface area contributed by atoms with E-state index in [4.69, 9.17) is 0 Å². The number of pyridine rings is 1. The van der Waals surface area contributed by atoms with Crippen LogP contribution in [-0.4, -0.2) is 4.98 Å². The maximum atomic E-state index is 12.4. The zero-order valence-electron chi connectivity index (χ0n) is 11.3. The van der Waals surface area contributed by atoms with E-state index in [-0.39, 0.29) is 0 Å². The van der Waals surface area contributed by atoms with Gasteiger partial charge in [-0.25, -0.2) is 4.98 Å². The number of hydrogen-bond acceptors (Lipinski definition) is 2. The van der Waals surface area contributed by atoms with E-state index >= 15 is 0 Å². The van der Waals surface area contributed by atoms with Gasteiger partial charge < -0.3 is 5.32 Å². The Labute approximate surface area is 115 Å². The molecule has 1 aromatic heterocycles. The van der Waals surface area contributed by atoms with E-state index in [2.05, 4.69) is 16.4 Å². The monoisotopic (exact) mass is 280 g/mol. The fourth-order valence-electron chi connectivity index (χ4n) is 1.91. The molecule has 0 fully saturated rings. The lowest BCUT2D eigenvalue weighted by molar-refractivity contribution is -0.141. The first-order valence-electron chi connectivity index (χ1n) is 6.19. The molecule has 0 saturated carbocycles. The zero-order valence-corrected chi connectivity index (χ0v) is 11.3. The van der Waals surface area contributed by atoms with Gasteiger partial charge in [-0.3, -0.25) is 0 Å². The first-order chi connectivity index (χ1) is 9.36. The summed E-state index contributed by atoms with van der Waals surface area (Å²) in [5, 5.41) is 3.07. The van der Waals surface area contributed by atoms with Gasteiger partial charge in [-0.15, -0.1) is 0 Å². The lowest BCUT2D eigenvalue weighted by Crippen LogP contribution is -2.08. The number of nitrogens with one attached hydrogen (secondary N) is 1. The van der Waals surface area contributed by atoms with Crippen molar-refractivity contribution in [1.82, 2.24) is 4.98 Å². The second-order valence-corrected chi connectivity index (χ2v) is 4.71. The summed E-state index contributed by atoms with van der Waals surface area (Å²) >= 11 is 0. The summed E-state index contributed by atoms with van der Waals surface area (Å²) < 4.78 is 37.1. The number of anilines is 1. The summed E-state index contributed by atoms with van der Waals surface area (Å²) in [6, 6.07) is 8.45. The SMILES string of the molecule is Cc1ccc(CNc2ccc(C(F)(F)F)nc2)c(C)c1. The molecule has 0 spiro atoms. The summed E-state index contributed by atoms with van der Waals surface area (Å²) in [7, 11) is 0. The average molecular weight is 280 g/mol. The van der Waals surface area contributed by atoms with Gasteiger partial charge in [0.25, 0.3) is 0 Å². The molecule has 0 amide bonds. The van der Waals surface area contributed by atoms with Crippen molar-refractivity contribution in [2.45, 2.75) is 26.6 Å². The van der Waals surface area contributed by atoms with Gasteiger partial charge in [-0.2, -0.15) is 13.2 Å². The fourth-order valence-corrected chi connectivity index (χ4v) is 1.91. The highest BCUT2D eigenvalue weighted by molar-refractivity contribution is 5.43. The fraction of sp³-hybridized carbons (Fsp3) is 0.267. The third-order valence-electron chi connectivity index (χ3n) is 3.03. The number of hydrogen-bond donors (Lipinski definition) is 1. The highest BCUT2D eigenvalue weighted by Crippen LogP contribution is 2.27. The molecule has 2 rings (SSSR count). The first-order valence-corrected chi connectivity index (χ1v) is 6.19. The summed E-state index contributed by atoms with van der Waals surface area (Å²) in [6.45, 7) is 4.58. The molecule has 0 unspecified atom stereocenters. The molecule has 1 aromatic carbocycles. The third kappa shape index (κ3) is 3.50. The van der Waals surface area contributed by atoms with Crippen LogP contribution < -0.4 is 5.32 Å². The molecule has 0 radical (unpaired) electrons. The van der Waals surface area contributed by atoms with Crippen LogP contribution in [0.15, 0.2) is 36.5 Å². The number of halogens is 3. The minimum absolute atomic E-state index is 0.555. The van der Waals surface area contributed by atoms with E-state index < -0.39 is 11.9 Å². The summed E-state index contributed by atoms with van der Waals surface area (Å²) in [6.07, 6.45) is -3.20. The molecule has 1 N–H and O–H groups in total. The Balaban J connectivity index is 2.04. The van der Waals surface area contributed by atoms with Crippen molar-refractivity contribution in [3.8, 4) is 0 Å². The highest BCUT2D eigenvalue weighted by atomic mass is 19.4. The predicted molar refractivity (Wildman–Crippen MR) is 72.5 cm³/mol. The quantitative estimate of drug-likeness (QED) is 0.905.